The number of H-pyrrole nitrogens is 1. The fourth-order valence-corrected chi connectivity index (χ4v) is 3.51. The maximum atomic E-state index is 9.65. The van der Waals surface area contributed by atoms with Crippen molar-refractivity contribution in [2.75, 3.05) is 0 Å². The summed E-state index contributed by atoms with van der Waals surface area (Å²) in [6, 6.07) is 17.3. The van der Waals surface area contributed by atoms with E-state index in [1.165, 1.54) is 0 Å². The molecule has 2 N–H and O–H groups in total. The number of nitriles is 1. The summed E-state index contributed by atoms with van der Waals surface area (Å²) in [6.07, 6.45) is 0. The van der Waals surface area contributed by atoms with Crippen LogP contribution in [0.3, 0.4) is 0 Å². The lowest BCUT2D eigenvalue weighted by Crippen LogP contribution is -2.31. The smallest absolute Gasteiger partial charge is 0.243 e. The Morgan fingerprint density at radius 1 is 1.29 bits per heavy atom. The minimum Gasteiger partial charge on any atom is -0.489 e. The molecule has 0 radical (unpaired) electrons. The predicted molar refractivity (Wildman–Crippen MR) is 105 cm³/mol. The molecule has 0 amide bonds. The fourth-order valence-electron chi connectivity index (χ4n) is 3.38. The second-order valence-corrected chi connectivity index (χ2v) is 7.04. The Hall–Kier alpha value is -3.30. The maximum absolute atomic E-state index is 9.65. The summed E-state index contributed by atoms with van der Waals surface area (Å²) < 4.78 is 11.4. The number of benzene rings is 2. The van der Waals surface area contributed by atoms with Gasteiger partial charge < -0.3 is 9.47 Å². The quantitative estimate of drug-likeness (QED) is 0.678. The first-order chi connectivity index (χ1) is 13.6. The van der Waals surface area contributed by atoms with Crippen molar-refractivity contribution in [3.8, 4) is 17.7 Å². The molecule has 1 aromatic heterocycles. The van der Waals surface area contributed by atoms with Crippen LogP contribution in [0.4, 0.5) is 0 Å². The van der Waals surface area contributed by atoms with Crippen LogP contribution in [0.5, 0.6) is 11.6 Å². The van der Waals surface area contributed by atoms with E-state index in [4.69, 9.17) is 26.5 Å². The molecule has 1 aliphatic rings. The number of fused-ring (bicyclic) bond motifs is 1. The van der Waals surface area contributed by atoms with Crippen LogP contribution in [-0.4, -0.2) is 16.1 Å². The van der Waals surface area contributed by atoms with E-state index in [2.05, 4.69) is 16.3 Å². The van der Waals surface area contributed by atoms with Crippen LogP contribution >= 0.6 is 11.6 Å². The van der Waals surface area contributed by atoms with E-state index in [1.807, 2.05) is 55.5 Å². The number of nitrogens with zero attached hydrogens (tertiary/aromatic N) is 2. The Morgan fingerprint density at radius 3 is 2.82 bits per heavy atom. The van der Waals surface area contributed by atoms with E-state index >= 15 is 0 Å². The van der Waals surface area contributed by atoms with E-state index < -0.39 is 5.92 Å². The first-order valence-electron chi connectivity index (χ1n) is 8.75. The zero-order valence-corrected chi connectivity index (χ0v) is 15.8. The molecule has 7 heteroatoms. The lowest BCUT2D eigenvalue weighted by Gasteiger charge is -2.28. The van der Waals surface area contributed by atoms with E-state index in [9.17, 15) is 5.26 Å². The van der Waals surface area contributed by atoms with E-state index in [-0.39, 0.29) is 11.8 Å². The molecule has 2 aromatic carbocycles. The molecule has 2 unspecified atom stereocenters. The lowest BCUT2D eigenvalue weighted by molar-refractivity contribution is 0.305. The molecule has 4 rings (SSSR count). The fraction of sp³-hybridized carbons (Fsp3) is 0.190. The summed E-state index contributed by atoms with van der Waals surface area (Å²) in [7, 11) is 0. The molecule has 0 bridgehead atoms. The van der Waals surface area contributed by atoms with Gasteiger partial charge in [0.2, 0.25) is 11.8 Å². The minimum atomic E-state index is -0.727. The van der Waals surface area contributed by atoms with E-state index in [0.29, 0.717) is 23.3 Å². The van der Waals surface area contributed by atoms with Gasteiger partial charge in [-0.2, -0.15) is 5.26 Å². The van der Waals surface area contributed by atoms with Gasteiger partial charge in [-0.3, -0.25) is 10.5 Å². The molecule has 28 heavy (non-hydrogen) atoms. The van der Waals surface area contributed by atoms with Crippen LogP contribution in [0, 0.1) is 29.6 Å². The Kier molecular flexibility index (Phi) is 4.76. The molecule has 0 fully saturated rings. The van der Waals surface area contributed by atoms with Crippen molar-refractivity contribution in [2.24, 2.45) is 5.92 Å². The molecular weight excluding hydrogens is 376 g/mol. The van der Waals surface area contributed by atoms with E-state index in [0.717, 1.165) is 22.4 Å². The van der Waals surface area contributed by atoms with E-state index in [1.54, 1.807) is 0 Å². The number of halogens is 1. The van der Waals surface area contributed by atoms with Crippen molar-refractivity contribution in [2.45, 2.75) is 19.4 Å². The summed E-state index contributed by atoms with van der Waals surface area (Å²) in [6.45, 7) is 2.29. The van der Waals surface area contributed by atoms with Crippen molar-refractivity contribution >= 4 is 17.5 Å². The van der Waals surface area contributed by atoms with Gasteiger partial charge in [0, 0.05) is 22.2 Å². The summed E-state index contributed by atoms with van der Waals surface area (Å²) in [5.41, 5.74) is 3.50. The Labute approximate surface area is 167 Å². The first kappa shape index (κ1) is 18.1. The maximum Gasteiger partial charge on any atom is 0.243 e. The Bertz CT molecular complexity index is 1070. The number of rotatable bonds is 4. The Balaban J connectivity index is 1.64. The highest BCUT2D eigenvalue weighted by Crippen LogP contribution is 2.43. The van der Waals surface area contributed by atoms with Crippen molar-refractivity contribution in [1.82, 2.24) is 10.2 Å². The second kappa shape index (κ2) is 7.37. The summed E-state index contributed by atoms with van der Waals surface area (Å²) in [5.74, 6) is -0.135. The highest BCUT2D eigenvalue weighted by Gasteiger charge is 2.39. The molecule has 2 atom stereocenters. The average molecular weight is 393 g/mol. The number of nitrogens with one attached hydrogen (secondary N) is 2. The first-order valence-corrected chi connectivity index (χ1v) is 9.12. The van der Waals surface area contributed by atoms with Gasteiger partial charge in [-0.1, -0.05) is 35.9 Å². The molecule has 6 nitrogen and oxygen atoms in total. The van der Waals surface area contributed by atoms with Gasteiger partial charge in [0.15, 0.2) is 0 Å². The standard InChI is InChI=1S/C21H17ClN4O2/c1-12-18-19(17(10-23)20(24)28-21(18)26-25-12)14-3-2-4-16(9-14)27-11-13-5-7-15(22)8-6-13/h2-9,17,19,24H,11H2,1H3,(H,25,26). The molecule has 0 saturated carbocycles. The van der Waals surface area contributed by atoms with Crippen LogP contribution in [-0.2, 0) is 6.61 Å². The number of aromatic nitrogens is 2. The summed E-state index contributed by atoms with van der Waals surface area (Å²) in [5, 5.41) is 25.4. The molecule has 2 heterocycles. The summed E-state index contributed by atoms with van der Waals surface area (Å²) >= 11 is 5.92. The zero-order valence-electron chi connectivity index (χ0n) is 15.1. The summed E-state index contributed by atoms with van der Waals surface area (Å²) in [4.78, 5) is 0. The molecule has 0 aliphatic carbocycles. The monoisotopic (exact) mass is 392 g/mol. The SMILES string of the molecule is Cc1[nH]nc2c1C(c1cccc(OCc3ccc(Cl)cc3)c1)C(C#N)C(=N)O2. The van der Waals surface area contributed by atoms with Crippen LogP contribution in [0.15, 0.2) is 48.5 Å². The highest BCUT2D eigenvalue weighted by atomic mass is 35.5. The normalized spacial score (nSPS) is 18.1. The van der Waals surface area contributed by atoms with Gasteiger partial charge in [-0.05, 0) is 42.3 Å². The van der Waals surface area contributed by atoms with Gasteiger partial charge in [0.05, 0.1) is 6.07 Å². The van der Waals surface area contributed by atoms with Gasteiger partial charge in [0.25, 0.3) is 0 Å². The highest BCUT2D eigenvalue weighted by molar-refractivity contribution is 6.30. The van der Waals surface area contributed by atoms with Crippen LogP contribution in [0.25, 0.3) is 0 Å². The number of aromatic amines is 1. The van der Waals surface area contributed by atoms with Crippen molar-refractivity contribution in [3.63, 3.8) is 0 Å². The van der Waals surface area contributed by atoms with Gasteiger partial charge in [-0.15, -0.1) is 5.10 Å². The number of aryl methyl sites for hydroxylation is 1. The molecule has 1 aliphatic heterocycles. The third-order valence-corrected chi connectivity index (χ3v) is 5.02. The molecule has 140 valence electrons. The van der Waals surface area contributed by atoms with Crippen molar-refractivity contribution in [1.29, 1.82) is 10.7 Å². The Morgan fingerprint density at radius 2 is 2.07 bits per heavy atom. The van der Waals surface area contributed by atoms with Crippen molar-refractivity contribution < 1.29 is 9.47 Å². The second-order valence-electron chi connectivity index (χ2n) is 6.61. The average Bonchev–Trinajstić information content (AvgIpc) is 3.07. The molecule has 3 aromatic rings. The number of hydrogen-bond acceptors (Lipinski definition) is 5. The number of ether oxygens (including phenoxy) is 2. The third-order valence-electron chi connectivity index (χ3n) is 4.77. The van der Waals surface area contributed by atoms with Crippen LogP contribution in [0.2, 0.25) is 5.02 Å². The zero-order chi connectivity index (χ0) is 19.7. The lowest BCUT2D eigenvalue weighted by atomic mass is 9.79. The number of hydrogen-bond donors (Lipinski definition) is 2. The van der Waals surface area contributed by atoms with Crippen LogP contribution in [0.1, 0.15) is 28.3 Å². The van der Waals surface area contributed by atoms with Crippen LogP contribution < -0.4 is 9.47 Å². The van der Waals surface area contributed by atoms with Crippen molar-refractivity contribution in [3.05, 3.63) is 75.9 Å². The van der Waals surface area contributed by atoms with Gasteiger partial charge in [-0.25, -0.2) is 0 Å². The minimum absolute atomic E-state index is 0.0982. The molecule has 0 spiro atoms. The third kappa shape index (κ3) is 3.32. The largest absolute Gasteiger partial charge is 0.489 e. The molecular formula is C21H17ClN4O2. The topological polar surface area (TPSA) is 94.8 Å². The molecule has 0 saturated heterocycles. The predicted octanol–water partition coefficient (Wildman–Crippen LogP) is 4.59. The van der Waals surface area contributed by atoms with Gasteiger partial charge in [0.1, 0.15) is 18.3 Å². The van der Waals surface area contributed by atoms with Gasteiger partial charge >= 0.3 is 0 Å².